The van der Waals surface area contributed by atoms with Crippen LogP contribution in [0.4, 0.5) is 0 Å². The first-order valence-corrected chi connectivity index (χ1v) is 9.49. The number of hydrogen-bond donors (Lipinski definition) is 0. The molecule has 6 heteroatoms. The lowest BCUT2D eigenvalue weighted by atomic mass is 9.50. The highest BCUT2D eigenvalue weighted by atomic mass is 32.2. The van der Waals surface area contributed by atoms with Gasteiger partial charge in [0.1, 0.15) is 15.9 Å². The second-order valence-corrected chi connectivity index (χ2v) is 9.22. The molecule has 0 radical (unpaired) electrons. The first-order valence-electron chi connectivity index (χ1n) is 6.93. The van der Waals surface area contributed by atoms with Gasteiger partial charge in [0.25, 0.3) is 0 Å². The van der Waals surface area contributed by atoms with E-state index in [4.69, 9.17) is 0 Å². The van der Waals surface area contributed by atoms with Gasteiger partial charge in [-0.2, -0.15) is 0 Å². The Morgan fingerprint density at radius 2 is 1.58 bits per heavy atom. The first kappa shape index (κ1) is 13.9. The molecule has 4 rings (SSSR count). The third kappa shape index (κ3) is 3.16. The summed E-state index contributed by atoms with van der Waals surface area (Å²) in [4.78, 5) is 11.5. The lowest BCUT2D eigenvalue weighted by molar-refractivity contribution is -0.109. The molecule has 0 N–H and O–H groups in total. The topological polar surface area (TPSA) is 74.3 Å². The Bertz CT molecular complexity index is 448. The lowest BCUT2D eigenvalue weighted by Gasteiger charge is -2.56. The monoisotopic (exact) mass is 303 g/mol. The molecule has 0 aromatic heterocycles. The molecular weight excluding hydrogens is 284 g/mol. The van der Waals surface area contributed by atoms with Crippen molar-refractivity contribution in [3.8, 4) is 0 Å². The third-order valence-corrected chi connectivity index (χ3v) is 7.02. The zero-order valence-electron chi connectivity index (χ0n) is 10.8. The highest BCUT2D eigenvalue weighted by molar-refractivity contribution is 8.14. The quantitative estimate of drug-likeness (QED) is 0.743. The molecule has 4 aliphatic rings. The maximum absolute atomic E-state index is 11.5. The van der Waals surface area contributed by atoms with Crippen LogP contribution in [0.1, 0.15) is 38.5 Å². The fourth-order valence-corrected chi connectivity index (χ4v) is 6.76. The summed E-state index contributed by atoms with van der Waals surface area (Å²) in [7, 11) is -4.42. The van der Waals surface area contributed by atoms with Crippen molar-refractivity contribution >= 4 is 27.0 Å². The van der Waals surface area contributed by atoms with Gasteiger partial charge in [-0.3, -0.25) is 4.79 Å². The average molecular weight is 303 g/mol. The molecule has 19 heavy (non-hydrogen) atoms. The van der Waals surface area contributed by atoms with E-state index in [0.29, 0.717) is 5.75 Å². The largest absolute Gasteiger partial charge is 0.748 e. The van der Waals surface area contributed by atoms with Gasteiger partial charge in [0.15, 0.2) is 0 Å². The fourth-order valence-electron chi connectivity index (χ4n) is 4.89. The maximum atomic E-state index is 11.5. The molecule has 0 unspecified atom stereocenters. The van der Waals surface area contributed by atoms with Crippen LogP contribution in [-0.4, -0.2) is 29.6 Å². The molecular formula is C13H19O4S2-. The molecule has 0 atom stereocenters. The van der Waals surface area contributed by atoms with Crippen molar-refractivity contribution in [2.45, 2.75) is 38.5 Å². The molecule has 4 nitrogen and oxygen atoms in total. The van der Waals surface area contributed by atoms with Crippen molar-refractivity contribution < 1.29 is 17.8 Å². The molecule has 4 aliphatic carbocycles. The predicted molar refractivity (Wildman–Crippen MR) is 72.6 cm³/mol. The van der Waals surface area contributed by atoms with Crippen LogP contribution < -0.4 is 0 Å². The smallest absolute Gasteiger partial charge is 0.202 e. The Morgan fingerprint density at radius 1 is 1.11 bits per heavy atom. The van der Waals surface area contributed by atoms with Gasteiger partial charge in [0.2, 0.25) is 5.12 Å². The van der Waals surface area contributed by atoms with E-state index in [1.54, 1.807) is 0 Å². The maximum Gasteiger partial charge on any atom is 0.202 e. The van der Waals surface area contributed by atoms with Crippen LogP contribution in [0, 0.1) is 23.2 Å². The number of hydrogen-bond acceptors (Lipinski definition) is 5. The minimum atomic E-state index is -4.42. The van der Waals surface area contributed by atoms with Crippen LogP contribution in [0.2, 0.25) is 0 Å². The average Bonchev–Trinajstić information content (AvgIpc) is 2.22. The molecule has 0 heterocycles. The summed E-state index contributed by atoms with van der Waals surface area (Å²) in [5.74, 6) is 2.33. The number of carbonyl (C=O) groups is 1. The van der Waals surface area contributed by atoms with Gasteiger partial charge in [-0.25, -0.2) is 8.42 Å². The zero-order chi connectivity index (χ0) is 13.7. The van der Waals surface area contributed by atoms with E-state index in [9.17, 15) is 17.8 Å². The minimum Gasteiger partial charge on any atom is -0.748 e. The predicted octanol–water partition coefficient (Wildman–Crippen LogP) is 2.01. The Balaban J connectivity index is 1.59. The highest BCUT2D eigenvalue weighted by Crippen LogP contribution is 2.60. The Hall–Kier alpha value is -0.0700. The molecule has 0 aromatic rings. The van der Waals surface area contributed by atoms with Crippen LogP contribution in [0.3, 0.4) is 0 Å². The van der Waals surface area contributed by atoms with Crippen molar-refractivity contribution in [2.75, 3.05) is 11.5 Å². The minimum absolute atomic E-state index is 0.252. The van der Waals surface area contributed by atoms with Crippen LogP contribution in [-0.2, 0) is 14.9 Å². The van der Waals surface area contributed by atoms with E-state index in [-0.39, 0.29) is 5.41 Å². The van der Waals surface area contributed by atoms with Crippen molar-refractivity contribution in [2.24, 2.45) is 23.2 Å². The van der Waals surface area contributed by atoms with Gasteiger partial charge >= 0.3 is 0 Å². The fraction of sp³-hybridized carbons (Fsp3) is 0.923. The SMILES string of the molecule is O=C(CS(=O)(=O)[O-])SCC12CC3CC(CC(C3)C1)C2. The van der Waals surface area contributed by atoms with E-state index in [1.807, 2.05) is 0 Å². The summed E-state index contributed by atoms with van der Waals surface area (Å²) in [5.41, 5.74) is 0.252. The Kier molecular flexibility index (Phi) is 3.47. The van der Waals surface area contributed by atoms with E-state index in [1.165, 1.54) is 38.5 Å². The molecule has 0 spiro atoms. The Labute approximate surface area is 118 Å². The lowest BCUT2D eigenvalue weighted by Crippen LogP contribution is -2.47. The van der Waals surface area contributed by atoms with E-state index in [0.717, 1.165) is 29.5 Å². The van der Waals surface area contributed by atoms with Gasteiger partial charge in [0.05, 0.1) is 0 Å². The van der Waals surface area contributed by atoms with Gasteiger partial charge in [-0.05, 0) is 61.7 Å². The highest BCUT2D eigenvalue weighted by Gasteiger charge is 2.50. The van der Waals surface area contributed by atoms with Crippen molar-refractivity contribution in [1.82, 2.24) is 0 Å². The number of carbonyl (C=O) groups excluding carboxylic acids is 1. The van der Waals surface area contributed by atoms with Crippen LogP contribution in [0.15, 0.2) is 0 Å². The van der Waals surface area contributed by atoms with E-state index >= 15 is 0 Å². The molecule has 4 fully saturated rings. The molecule has 0 saturated heterocycles. The summed E-state index contributed by atoms with van der Waals surface area (Å²) < 4.78 is 31.7. The van der Waals surface area contributed by atoms with Gasteiger partial charge in [-0.1, -0.05) is 11.8 Å². The van der Waals surface area contributed by atoms with E-state index < -0.39 is 21.0 Å². The van der Waals surface area contributed by atoms with Crippen molar-refractivity contribution in [1.29, 1.82) is 0 Å². The number of rotatable bonds is 4. The van der Waals surface area contributed by atoms with Gasteiger partial charge in [-0.15, -0.1) is 0 Å². The standard InChI is InChI=1S/C13H20O4S2/c14-12(7-19(15,16)17)18-8-13-4-9-1-10(5-13)3-11(2-9)6-13/h9-11H,1-8H2,(H,15,16,17)/p-1. The van der Waals surface area contributed by atoms with Gasteiger partial charge < -0.3 is 4.55 Å². The molecule has 0 aromatic carbocycles. The summed E-state index contributed by atoms with van der Waals surface area (Å²) in [6.07, 6.45) is 7.66. The summed E-state index contributed by atoms with van der Waals surface area (Å²) >= 11 is 1.07. The second kappa shape index (κ2) is 4.74. The molecule has 108 valence electrons. The second-order valence-electron chi connectivity index (χ2n) is 6.78. The summed E-state index contributed by atoms with van der Waals surface area (Å²) in [6, 6.07) is 0. The van der Waals surface area contributed by atoms with Crippen molar-refractivity contribution in [3.05, 3.63) is 0 Å². The molecule has 0 aliphatic heterocycles. The van der Waals surface area contributed by atoms with Crippen LogP contribution in [0.5, 0.6) is 0 Å². The van der Waals surface area contributed by atoms with Crippen LogP contribution in [0.25, 0.3) is 0 Å². The number of thioether (sulfide) groups is 1. The van der Waals surface area contributed by atoms with Crippen molar-refractivity contribution in [3.63, 3.8) is 0 Å². The van der Waals surface area contributed by atoms with Gasteiger partial charge in [0, 0.05) is 5.75 Å². The zero-order valence-corrected chi connectivity index (χ0v) is 12.5. The molecule has 4 saturated carbocycles. The molecule has 0 amide bonds. The van der Waals surface area contributed by atoms with E-state index in [2.05, 4.69) is 0 Å². The summed E-state index contributed by atoms with van der Waals surface area (Å²) in [5, 5.41) is -0.481. The normalized spacial score (nSPS) is 40.6. The Morgan fingerprint density at radius 3 is 2.00 bits per heavy atom. The molecule has 4 bridgehead atoms. The summed E-state index contributed by atoms with van der Waals surface area (Å²) in [6.45, 7) is 0. The first-order chi connectivity index (χ1) is 8.84. The third-order valence-electron chi connectivity index (χ3n) is 5.00. The van der Waals surface area contributed by atoms with Crippen LogP contribution >= 0.6 is 11.8 Å².